The lowest BCUT2D eigenvalue weighted by atomic mass is 10.2. The average molecular weight is 191 g/mol. The lowest BCUT2D eigenvalue weighted by Crippen LogP contribution is -2.26. The van der Waals surface area contributed by atoms with Gasteiger partial charge in [0.1, 0.15) is 0 Å². The second kappa shape index (κ2) is 3.08. The predicted octanol–water partition coefficient (Wildman–Crippen LogP) is 1.69. The van der Waals surface area contributed by atoms with Gasteiger partial charge in [0.15, 0.2) is 5.78 Å². The highest BCUT2D eigenvalue weighted by atomic mass is 16.1. The summed E-state index contributed by atoms with van der Waals surface area (Å²) in [6, 6.07) is 3.80. The molecule has 0 radical (unpaired) electrons. The van der Waals surface area contributed by atoms with Crippen LogP contribution in [0.4, 0.5) is 0 Å². The molecule has 0 aliphatic heterocycles. The van der Waals surface area contributed by atoms with Crippen LogP contribution in [0.25, 0.3) is 0 Å². The molecule has 0 amide bonds. The third-order valence-corrected chi connectivity index (χ3v) is 2.61. The number of carbonyl (C=O) groups excluding carboxylic acids is 1. The molecule has 1 aliphatic carbocycles. The molecule has 3 nitrogen and oxygen atoms in total. The van der Waals surface area contributed by atoms with Gasteiger partial charge in [0, 0.05) is 11.7 Å². The van der Waals surface area contributed by atoms with Crippen LogP contribution >= 0.6 is 0 Å². The Morgan fingerprint density at radius 2 is 2.07 bits per heavy atom. The van der Waals surface area contributed by atoms with E-state index in [9.17, 15) is 9.59 Å². The van der Waals surface area contributed by atoms with E-state index in [0.29, 0.717) is 11.6 Å². The van der Waals surface area contributed by atoms with Gasteiger partial charge in [-0.05, 0) is 38.8 Å². The predicted molar refractivity (Wildman–Crippen MR) is 53.7 cm³/mol. The molecule has 1 aromatic rings. The first-order valence-electron chi connectivity index (χ1n) is 4.84. The third kappa shape index (κ3) is 1.39. The van der Waals surface area contributed by atoms with Crippen LogP contribution in [0.2, 0.25) is 0 Å². The molecule has 1 saturated carbocycles. The molecule has 0 saturated heterocycles. The second-order valence-corrected chi connectivity index (χ2v) is 3.85. The fourth-order valence-corrected chi connectivity index (χ4v) is 1.70. The van der Waals surface area contributed by atoms with Crippen molar-refractivity contribution in [2.24, 2.45) is 0 Å². The molecule has 1 fully saturated rings. The number of hydrogen-bond donors (Lipinski definition) is 0. The maximum Gasteiger partial charge on any atom is 0.261 e. The van der Waals surface area contributed by atoms with Crippen molar-refractivity contribution in [3.05, 3.63) is 33.7 Å². The normalized spacial score (nSPS) is 15.6. The Hall–Kier alpha value is -1.38. The van der Waals surface area contributed by atoms with Crippen molar-refractivity contribution in [1.29, 1.82) is 0 Å². The fourth-order valence-electron chi connectivity index (χ4n) is 1.70. The fraction of sp³-hybridized carbons (Fsp3) is 0.455. The van der Waals surface area contributed by atoms with Gasteiger partial charge in [0.25, 0.3) is 5.56 Å². The van der Waals surface area contributed by atoms with Crippen LogP contribution in [0.3, 0.4) is 0 Å². The van der Waals surface area contributed by atoms with E-state index in [1.165, 1.54) is 6.92 Å². The van der Waals surface area contributed by atoms with Crippen LogP contribution in [0.1, 0.15) is 41.9 Å². The molecule has 1 heterocycles. The van der Waals surface area contributed by atoms with E-state index in [1.54, 1.807) is 10.6 Å². The van der Waals surface area contributed by atoms with Gasteiger partial charge in [-0.25, -0.2) is 0 Å². The minimum atomic E-state index is -0.149. The summed E-state index contributed by atoms with van der Waals surface area (Å²) < 4.78 is 1.75. The number of hydrogen-bond acceptors (Lipinski definition) is 2. The number of carbonyl (C=O) groups is 1. The van der Waals surface area contributed by atoms with Crippen molar-refractivity contribution in [2.45, 2.75) is 32.7 Å². The first-order chi connectivity index (χ1) is 6.61. The topological polar surface area (TPSA) is 39.1 Å². The molecular weight excluding hydrogens is 178 g/mol. The number of nitrogens with zero attached hydrogens (tertiary/aromatic N) is 1. The van der Waals surface area contributed by atoms with Crippen LogP contribution in [-0.2, 0) is 0 Å². The van der Waals surface area contributed by atoms with Crippen molar-refractivity contribution in [1.82, 2.24) is 4.57 Å². The van der Waals surface area contributed by atoms with Gasteiger partial charge in [-0.15, -0.1) is 0 Å². The minimum absolute atomic E-state index is 0.125. The first kappa shape index (κ1) is 9.19. The monoisotopic (exact) mass is 191 g/mol. The molecule has 0 atom stereocenters. The van der Waals surface area contributed by atoms with Gasteiger partial charge in [-0.1, -0.05) is 0 Å². The van der Waals surface area contributed by atoms with Crippen molar-refractivity contribution in [3.8, 4) is 0 Å². The zero-order chi connectivity index (χ0) is 10.3. The largest absolute Gasteiger partial charge is 0.309 e. The van der Waals surface area contributed by atoms with E-state index in [4.69, 9.17) is 0 Å². The Bertz CT molecular complexity index is 441. The molecule has 1 aromatic heterocycles. The zero-order valence-corrected chi connectivity index (χ0v) is 8.41. The van der Waals surface area contributed by atoms with E-state index in [-0.39, 0.29) is 11.3 Å². The minimum Gasteiger partial charge on any atom is -0.309 e. The number of aryl methyl sites for hydroxylation is 1. The summed E-state index contributed by atoms with van der Waals surface area (Å²) in [7, 11) is 0. The van der Waals surface area contributed by atoms with Gasteiger partial charge >= 0.3 is 0 Å². The van der Waals surface area contributed by atoms with E-state index in [2.05, 4.69) is 0 Å². The molecule has 3 heteroatoms. The summed E-state index contributed by atoms with van der Waals surface area (Å²) in [4.78, 5) is 23.0. The van der Waals surface area contributed by atoms with Crippen LogP contribution in [0, 0.1) is 6.92 Å². The average Bonchev–Trinajstić information content (AvgIpc) is 2.87. The second-order valence-electron chi connectivity index (χ2n) is 3.85. The number of pyridine rings is 1. The van der Waals surface area contributed by atoms with Crippen molar-refractivity contribution < 1.29 is 4.79 Å². The van der Waals surface area contributed by atoms with Crippen molar-refractivity contribution >= 4 is 5.78 Å². The third-order valence-electron chi connectivity index (χ3n) is 2.61. The van der Waals surface area contributed by atoms with Crippen molar-refractivity contribution in [2.75, 3.05) is 0 Å². The molecule has 74 valence electrons. The zero-order valence-electron chi connectivity index (χ0n) is 8.41. The van der Waals surface area contributed by atoms with Gasteiger partial charge in [0.2, 0.25) is 0 Å². The Kier molecular flexibility index (Phi) is 2.02. The highest BCUT2D eigenvalue weighted by molar-refractivity contribution is 5.93. The highest BCUT2D eigenvalue weighted by Gasteiger charge is 2.26. The van der Waals surface area contributed by atoms with E-state index >= 15 is 0 Å². The van der Waals surface area contributed by atoms with Crippen molar-refractivity contribution in [3.63, 3.8) is 0 Å². The number of ketones is 1. The summed E-state index contributed by atoms with van der Waals surface area (Å²) >= 11 is 0. The molecular formula is C11H13NO2. The van der Waals surface area contributed by atoms with Gasteiger partial charge in [0.05, 0.1) is 5.56 Å². The molecule has 0 N–H and O–H groups in total. The van der Waals surface area contributed by atoms with E-state index < -0.39 is 0 Å². The smallest absolute Gasteiger partial charge is 0.261 e. The summed E-state index contributed by atoms with van der Waals surface area (Å²) in [6.45, 7) is 3.34. The molecule has 0 bridgehead atoms. The number of rotatable bonds is 2. The number of aromatic nitrogens is 1. The Balaban J connectivity index is 2.62. The summed E-state index contributed by atoms with van der Waals surface area (Å²) in [5.74, 6) is -0.149. The molecule has 0 unspecified atom stereocenters. The van der Waals surface area contributed by atoms with E-state index in [1.807, 2.05) is 13.0 Å². The van der Waals surface area contributed by atoms with Gasteiger partial charge in [-0.3, -0.25) is 9.59 Å². The van der Waals surface area contributed by atoms with Gasteiger partial charge < -0.3 is 4.57 Å². The Morgan fingerprint density at radius 1 is 1.43 bits per heavy atom. The standard InChI is InChI=1S/C11H13NO2/c1-7-3-6-10(8(2)13)11(14)12(7)9-4-5-9/h3,6,9H,4-5H2,1-2H3. The van der Waals surface area contributed by atoms with Crippen LogP contribution in [-0.4, -0.2) is 10.4 Å². The summed E-state index contributed by atoms with van der Waals surface area (Å²) in [5, 5.41) is 0. The Morgan fingerprint density at radius 3 is 2.57 bits per heavy atom. The molecule has 14 heavy (non-hydrogen) atoms. The lowest BCUT2D eigenvalue weighted by molar-refractivity contribution is 0.101. The maximum atomic E-state index is 11.9. The van der Waals surface area contributed by atoms with E-state index in [0.717, 1.165) is 18.5 Å². The number of Topliss-reactive ketones (excluding diaryl/α,β-unsaturated/α-hetero) is 1. The molecule has 0 aromatic carbocycles. The quantitative estimate of drug-likeness (QED) is 0.667. The SMILES string of the molecule is CC(=O)c1ccc(C)n(C2CC2)c1=O. The Labute approximate surface area is 82.4 Å². The first-order valence-corrected chi connectivity index (χ1v) is 4.84. The summed E-state index contributed by atoms with van der Waals surface area (Å²) in [5.41, 5.74) is 1.13. The molecule has 1 aliphatic rings. The lowest BCUT2D eigenvalue weighted by Gasteiger charge is -2.09. The highest BCUT2D eigenvalue weighted by Crippen LogP contribution is 2.34. The maximum absolute atomic E-state index is 11.9. The molecule has 2 rings (SSSR count). The van der Waals surface area contributed by atoms with Crippen LogP contribution in [0.5, 0.6) is 0 Å². The molecule has 0 spiro atoms. The van der Waals surface area contributed by atoms with Gasteiger partial charge in [-0.2, -0.15) is 0 Å². The van der Waals surface area contributed by atoms with Crippen LogP contribution < -0.4 is 5.56 Å². The summed E-state index contributed by atoms with van der Waals surface area (Å²) in [6.07, 6.45) is 2.12. The van der Waals surface area contributed by atoms with Crippen LogP contribution in [0.15, 0.2) is 16.9 Å².